The third kappa shape index (κ3) is 7.88. The second-order valence-corrected chi connectivity index (χ2v) is 5.25. The number of rotatable bonds is 11. The zero-order valence-electron chi connectivity index (χ0n) is 13.2. The molecule has 10 N–H and O–H groups in total. The van der Waals surface area contributed by atoms with Crippen LogP contribution in [0.4, 0.5) is 0 Å². The van der Waals surface area contributed by atoms with E-state index in [1.165, 1.54) is 6.92 Å². The highest BCUT2D eigenvalue weighted by atomic mass is 16.4. The molecule has 0 fully saturated rings. The summed E-state index contributed by atoms with van der Waals surface area (Å²) in [6, 6.07) is -3.48. The SMILES string of the molecule is C[C@@H](O)[C@H](NC(=O)[C@@H](N)CCCCN)C(=O)N[C@@H](CN)C(=O)O. The lowest BCUT2D eigenvalue weighted by Gasteiger charge is -2.24. The van der Waals surface area contributed by atoms with Crippen LogP contribution in [0.25, 0.3) is 0 Å². The zero-order chi connectivity index (χ0) is 18.0. The third-order valence-electron chi connectivity index (χ3n) is 3.22. The van der Waals surface area contributed by atoms with Gasteiger partial charge in [0.1, 0.15) is 12.1 Å². The number of carbonyl (C=O) groups excluding carboxylic acids is 2. The topological polar surface area (TPSA) is 194 Å². The largest absolute Gasteiger partial charge is 0.480 e. The van der Waals surface area contributed by atoms with Gasteiger partial charge in [-0.3, -0.25) is 9.59 Å². The van der Waals surface area contributed by atoms with E-state index < -0.39 is 42.0 Å². The quantitative estimate of drug-likeness (QED) is 0.192. The minimum Gasteiger partial charge on any atom is -0.480 e. The number of aliphatic hydroxyl groups excluding tert-OH is 1. The Labute approximate surface area is 134 Å². The maximum absolute atomic E-state index is 12.0. The Bertz CT molecular complexity index is 404. The third-order valence-corrected chi connectivity index (χ3v) is 3.22. The Balaban J connectivity index is 4.69. The maximum Gasteiger partial charge on any atom is 0.327 e. The molecule has 0 aromatic heterocycles. The van der Waals surface area contributed by atoms with Gasteiger partial charge in [0.05, 0.1) is 12.1 Å². The Kier molecular flexibility index (Phi) is 10.1. The lowest BCUT2D eigenvalue weighted by Crippen LogP contribution is -2.59. The first-order valence-electron chi connectivity index (χ1n) is 7.41. The van der Waals surface area contributed by atoms with E-state index in [0.29, 0.717) is 19.4 Å². The summed E-state index contributed by atoms with van der Waals surface area (Å²) in [5, 5.41) is 23.0. The Morgan fingerprint density at radius 1 is 1.09 bits per heavy atom. The van der Waals surface area contributed by atoms with Crippen LogP contribution in [-0.2, 0) is 14.4 Å². The Hall–Kier alpha value is -1.75. The molecule has 4 atom stereocenters. The molecular formula is C13H27N5O5. The fraction of sp³-hybridized carbons (Fsp3) is 0.769. The van der Waals surface area contributed by atoms with E-state index in [4.69, 9.17) is 22.3 Å². The summed E-state index contributed by atoms with van der Waals surface area (Å²) in [5.41, 5.74) is 16.3. The highest BCUT2D eigenvalue weighted by Crippen LogP contribution is 2.01. The number of nitrogens with one attached hydrogen (secondary N) is 2. The van der Waals surface area contributed by atoms with Crippen LogP contribution in [-0.4, -0.2) is 65.3 Å². The molecule has 10 heteroatoms. The molecule has 0 aliphatic carbocycles. The number of hydrogen-bond acceptors (Lipinski definition) is 7. The van der Waals surface area contributed by atoms with E-state index >= 15 is 0 Å². The molecule has 0 aliphatic heterocycles. The number of aliphatic carboxylic acids is 1. The number of amides is 2. The van der Waals surface area contributed by atoms with Gasteiger partial charge in [-0.25, -0.2) is 4.79 Å². The predicted octanol–water partition coefficient (Wildman–Crippen LogP) is -3.16. The molecule has 0 radical (unpaired) electrons. The molecule has 0 rings (SSSR count). The smallest absolute Gasteiger partial charge is 0.327 e. The van der Waals surface area contributed by atoms with Crippen LogP contribution in [0.3, 0.4) is 0 Å². The average molecular weight is 333 g/mol. The van der Waals surface area contributed by atoms with Gasteiger partial charge in [0.15, 0.2) is 0 Å². The standard InChI is InChI=1S/C13H27N5O5/c1-7(19)10(12(21)17-9(6-15)13(22)23)18-11(20)8(16)4-2-3-5-14/h7-10,19H,2-6,14-16H2,1H3,(H,17,21)(H,18,20)(H,22,23)/t7-,8+,9+,10+/m1/s1. The molecule has 0 aromatic rings. The average Bonchev–Trinajstić information content (AvgIpc) is 2.48. The van der Waals surface area contributed by atoms with Crippen LogP contribution in [0, 0.1) is 0 Å². The molecule has 0 saturated heterocycles. The summed E-state index contributed by atoms with van der Waals surface area (Å²) in [7, 11) is 0. The molecular weight excluding hydrogens is 306 g/mol. The van der Waals surface area contributed by atoms with Crippen molar-refractivity contribution in [3.8, 4) is 0 Å². The normalized spacial score (nSPS) is 16.0. The number of unbranched alkanes of at least 4 members (excludes halogenated alkanes) is 1. The Morgan fingerprint density at radius 3 is 2.13 bits per heavy atom. The molecule has 0 unspecified atom stereocenters. The van der Waals surface area contributed by atoms with Crippen molar-refractivity contribution in [1.82, 2.24) is 10.6 Å². The molecule has 10 nitrogen and oxygen atoms in total. The first kappa shape index (κ1) is 21.2. The second kappa shape index (κ2) is 10.9. The summed E-state index contributed by atoms with van der Waals surface area (Å²) in [5.74, 6) is -2.77. The van der Waals surface area contributed by atoms with Gasteiger partial charge in [-0.1, -0.05) is 6.42 Å². The van der Waals surface area contributed by atoms with Gasteiger partial charge in [0, 0.05) is 6.54 Å². The number of carbonyl (C=O) groups is 3. The van der Waals surface area contributed by atoms with Gasteiger partial charge in [-0.2, -0.15) is 0 Å². The fourth-order valence-electron chi connectivity index (χ4n) is 1.79. The van der Waals surface area contributed by atoms with E-state index in [2.05, 4.69) is 10.6 Å². The van der Waals surface area contributed by atoms with E-state index in [1.54, 1.807) is 0 Å². The fourth-order valence-corrected chi connectivity index (χ4v) is 1.79. The zero-order valence-corrected chi connectivity index (χ0v) is 13.2. The van der Waals surface area contributed by atoms with Gasteiger partial charge in [-0.05, 0) is 26.3 Å². The molecule has 0 saturated carbocycles. The number of carboxylic acids is 1. The van der Waals surface area contributed by atoms with Crippen LogP contribution in [0.5, 0.6) is 0 Å². The number of nitrogens with two attached hydrogens (primary N) is 3. The van der Waals surface area contributed by atoms with Gasteiger partial charge >= 0.3 is 5.97 Å². The first-order valence-corrected chi connectivity index (χ1v) is 7.41. The van der Waals surface area contributed by atoms with Crippen molar-refractivity contribution < 1.29 is 24.6 Å². The van der Waals surface area contributed by atoms with Crippen LogP contribution in [0.15, 0.2) is 0 Å². The van der Waals surface area contributed by atoms with Crippen LogP contribution >= 0.6 is 0 Å². The summed E-state index contributed by atoms with van der Waals surface area (Å²) in [4.78, 5) is 34.8. The van der Waals surface area contributed by atoms with Crippen molar-refractivity contribution in [2.24, 2.45) is 17.2 Å². The van der Waals surface area contributed by atoms with Gasteiger partial charge in [-0.15, -0.1) is 0 Å². The highest BCUT2D eigenvalue weighted by Gasteiger charge is 2.30. The van der Waals surface area contributed by atoms with Crippen LogP contribution < -0.4 is 27.8 Å². The lowest BCUT2D eigenvalue weighted by molar-refractivity contribution is -0.142. The first-order chi connectivity index (χ1) is 10.7. The minimum atomic E-state index is -1.32. The summed E-state index contributed by atoms with van der Waals surface area (Å²) in [6.45, 7) is 1.46. The van der Waals surface area contributed by atoms with Crippen molar-refractivity contribution in [2.75, 3.05) is 13.1 Å². The highest BCUT2D eigenvalue weighted by molar-refractivity contribution is 5.92. The lowest BCUT2D eigenvalue weighted by atomic mass is 10.1. The van der Waals surface area contributed by atoms with Gasteiger partial charge in [0.25, 0.3) is 0 Å². The van der Waals surface area contributed by atoms with E-state index in [0.717, 1.165) is 6.42 Å². The van der Waals surface area contributed by atoms with E-state index in [1.807, 2.05) is 0 Å². The van der Waals surface area contributed by atoms with Crippen LogP contribution in [0.2, 0.25) is 0 Å². The number of aliphatic hydroxyl groups is 1. The molecule has 0 aromatic carbocycles. The van der Waals surface area contributed by atoms with Crippen LogP contribution in [0.1, 0.15) is 26.2 Å². The molecule has 0 bridgehead atoms. The van der Waals surface area contributed by atoms with Gasteiger partial charge in [0.2, 0.25) is 11.8 Å². The van der Waals surface area contributed by atoms with Crippen molar-refractivity contribution in [3.05, 3.63) is 0 Å². The van der Waals surface area contributed by atoms with Crippen molar-refractivity contribution in [2.45, 2.75) is 50.4 Å². The van der Waals surface area contributed by atoms with E-state index in [9.17, 15) is 19.5 Å². The second-order valence-electron chi connectivity index (χ2n) is 5.25. The molecule has 134 valence electrons. The number of hydrogen-bond donors (Lipinski definition) is 7. The predicted molar refractivity (Wildman–Crippen MR) is 83.1 cm³/mol. The summed E-state index contributed by atoms with van der Waals surface area (Å²) < 4.78 is 0. The monoisotopic (exact) mass is 333 g/mol. The van der Waals surface area contributed by atoms with Gasteiger partial charge < -0.3 is 38.0 Å². The van der Waals surface area contributed by atoms with E-state index in [-0.39, 0.29) is 6.54 Å². The van der Waals surface area contributed by atoms with Crippen molar-refractivity contribution >= 4 is 17.8 Å². The maximum atomic E-state index is 12.0. The molecule has 0 heterocycles. The molecule has 0 spiro atoms. The Morgan fingerprint density at radius 2 is 1.70 bits per heavy atom. The number of carboxylic acid groups (broad SMARTS) is 1. The molecule has 2 amide bonds. The van der Waals surface area contributed by atoms with Crippen molar-refractivity contribution in [1.29, 1.82) is 0 Å². The van der Waals surface area contributed by atoms with Crippen molar-refractivity contribution in [3.63, 3.8) is 0 Å². The minimum absolute atomic E-state index is 0.319. The summed E-state index contributed by atoms with van der Waals surface area (Å²) in [6.07, 6.45) is 0.531. The molecule has 23 heavy (non-hydrogen) atoms. The molecule has 0 aliphatic rings. The summed E-state index contributed by atoms with van der Waals surface area (Å²) >= 11 is 0.